The van der Waals surface area contributed by atoms with E-state index >= 15 is 0 Å². The maximum Gasteiger partial charge on any atom is 0.365 e. The fourth-order valence-electron chi connectivity index (χ4n) is 3.31. The van der Waals surface area contributed by atoms with Gasteiger partial charge in [-0.25, -0.2) is 15.0 Å². The van der Waals surface area contributed by atoms with Crippen LogP contribution < -0.4 is 25.6 Å². The first-order valence-electron chi connectivity index (χ1n) is 10.1. The summed E-state index contributed by atoms with van der Waals surface area (Å²) in [6.45, 7) is -0.672. The smallest absolute Gasteiger partial charge is 0.356 e. The van der Waals surface area contributed by atoms with Gasteiger partial charge in [-0.3, -0.25) is 10.1 Å². The van der Waals surface area contributed by atoms with Crippen LogP contribution >= 0.6 is 11.6 Å². The quantitative estimate of drug-likeness (QED) is 0.363. The molecule has 1 amide bonds. The second-order valence-corrected chi connectivity index (χ2v) is 7.80. The summed E-state index contributed by atoms with van der Waals surface area (Å²) in [6.07, 6.45) is 5.85. The molecule has 11 heteroatoms. The zero-order chi connectivity index (χ0) is 23.4. The molecule has 0 fully saturated rings. The molecule has 6 N–H and O–H groups in total. The van der Waals surface area contributed by atoms with Crippen LogP contribution in [-0.2, 0) is 23.7 Å². The molecule has 0 unspecified atom stereocenters. The van der Waals surface area contributed by atoms with Crippen molar-refractivity contribution in [2.45, 2.75) is 18.9 Å². The molecule has 7 nitrogen and oxygen atoms in total. The van der Waals surface area contributed by atoms with Gasteiger partial charge in [0.05, 0.1) is 11.4 Å². The molecule has 0 aromatic carbocycles. The average Bonchev–Trinajstić information content (AvgIpc) is 3.28. The molecule has 0 atom stereocenters. The van der Waals surface area contributed by atoms with Gasteiger partial charge in [-0.1, -0.05) is 11.6 Å². The fourth-order valence-corrected chi connectivity index (χ4v) is 3.51. The highest BCUT2D eigenvalue weighted by Crippen LogP contribution is 2.26. The Labute approximate surface area is 191 Å². The van der Waals surface area contributed by atoms with Crippen LogP contribution in [0, 0.1) is 5.82 Å². The van der Waals surface area contributed by atoms with Crippen LogP contribution in [0.5, 0.6) is 0 Å². The van der Waals surface area contributed by atoms with Crippen LogP contribution in [0.15, 0.2) is 55.1 Å². The van der Waals surface area contributed by atoms with Gasteiger partial charge in [0.1, 0.15) is 18.3 Å². The number of hydrogen-bond donors (Lipinski definition) is 3. The van der Waals surface area contributed by atoms with Gasteiger partial charge in [-0.05, 0) is 12.1 Å². The Morgan fingerprint density at radius 1 is 1.15 bits per heavy atom. The first-order chi connectivity index (χ1) is 15.8. The van der Waals surface area contributed by atoms with Gasteiger partial charge in [0.15, 0.2) is 24.6 Å². The Bertz CT molecular complexity index is 1280. The van der Waals surface area contributed by atoms with E-state index in [1.54, 1.807) is 18.5 Å². The molecule has 4 rings (SSSR count). The Morgan fingerprint density at radius 3 is 2.79 bits per heavy atom. The molecule has 0 aliphatic heterocycles. The number of carbonyl (C=O) groups excluding carboxylic acids is 1. The summed E-state index contributed by atoms with van der Waals surface area (Å²) in [4.78, 5) is 23.5. The number of fused-ring (bicyclic) bond motifs is 1. The lowest BCUT2D eigenvalue weighted by molar-refractivity contribution is -0.412. The number of aromatic amines is 4. The second kappa shape index (κ2) is 9.45. The van der Waals surface area contributed by atoms with E-state index < -0.39 is 24.2 Å². The first kappa shape index (κ1) is 22.5. The Balaban J connectivity index is 1.41. The molecule has 4 heterocycles. The summed E-state index contributed by atoms with van der Waals surface area (Å²) in [5.74, 6) is -4.94. The maximum atomic E-state index is 15.0. The molecule has 0 saturated carbocycles. The van der Waals surface area contributed by atoms with E-state index in [9.17, 15) is 18.0 Å². The number of alkyl halides is 2. The monoisotopic (exact) mass is 477 g/mol. The molecule has 0 aliphatic rings. The van der Waals surface area contributed by atoms with E-state index in [1.165, 1.54) is 24.5 Å². The lowest BCUT2D eigenvalue weighted by Crippen LogP contribution is -2.33. The van der Waals surface area contributed by atoms with Gasteiger partial charge in [0.25, 0.3) is 5.69 Å². The van der Waals surface area contributed by atoms with E-state index in [-0.39, 0.29) is 35.1 Å². The number of amides is 1. The Kier molecular flexibility index (Phi) is 6.45. The van der Waals surface area contributed by atoms with E-state index in [4.69, 9.17) is 11.6 Å². The number of rotatable bonds is 8. The van der Waals surface area contributed by atoms with Gasteiger partial charge in [-0.2, -0.15) is 13.2 Å². The van der Waals surface area contributed by atoms with Crippen molar-refractivity contribution in [3.05, 3.63) is 82.9 Å². The zero-order valence-electron chi connectivity index (χ0n) is 17.2. The Hall–Kier alpha value is -3.66. The third-order valence-corrected chi connectivity index (χ3v) is 5.40. The van der Waals surface area contributed by atoms with Gasteiger partial charge in [0, 0.05) is 35.3 Å². The fraction of sp³-hybridized carbons (Fsp3) is 0.182. The van der Waals surface area contributed by atoms with Crippen LogP contribution in [0.4, 0.5) is 19.0 Å². The van der Waals surface area contributed by atoms with Crippen molar-refractivity contribution < 1.29 is 32.9 Å². The van der Waals surface area contributed by atoms with Gasteiger partial charge < -0.3 is 10.3 Å². The van der Waals surface area contributed by atoms with E-state index in [0.717, 1.165) is 16.6 Å². The standard InChI is InChI=1S/C22H18ClF3N6O/c23-16-10-31-21(32-12-22(25,26)18-3-1-2-5-28-18)20(24)15(16)8-19(33)30-9-14-7-13-4-6-27-17(13)11-29-14/h1-7,10-11,27H,8-9,12H2,(H,30,33)(H,31,32)/p+3. The predicted molar refractivity (Wildman–Crippen MR) is 114 cm³/mol. The molecular formula is C22H21ClF3N6O+3. The number of H-pyrrole nitrogens is 4. The largest absolute Gasteiger partial charge is 0.365 e. The van der Waals surface area contributed by atoms with Crippen LogP contribution in [0.1, 0.15) is 17.0 Å². The predicted octanol–water partition coefficient (Wildman–Crippen LogP) is 2.47. The number of hydrogen-bond acceptors (Lipinski definition) is 2. The molecule has 33 heavy (non-hydrogen) atoms. The van der Waals surface area contributed by atoms with Crippen molar-refractivity contribution in [3.8, 4) is 0 Å². The van der Waals surface area contributed by atoms with Crippen LogP contribution in [0.3, 0.4) is 0 Å². The lowest BCUT2D eigenvalue weighted by atomic mass is 10.1. The molecule has 0 saturated heterocycles. The minimum Gasteiger partial charge on any atom is -0.356 e. The van der Waals surface area contributed by atoms with Crippen molar-refractivity contribution >= 4 is 34.2 Å². The van der Waals surface area contributed by atoms with Gasteiger partial charge >= 0.3 is 11.7 Å². The highest BCUT2D eigenvalue weighted by atomic mass is 35.5. The molecule has 4 aromatic rings. The summed E-state index contributed by atoms with van der Waals surface area (Å²) in [6, 6.07) is 8.07. The lowest BCUT2D eigenvalue weighted by Gasteiger charge is -2.11. The molecule has 0 aliphatic carbocycles. The number of nitrogens with one attached hydrogen (secondary N) is 6. The third-order valence-electron chi connectivity index (χ3n) is 5.06. The van der Waals surface area contributed by atoms with Crippen molar-refractivity contribution in [2.75, 3.05) is 11.9 Å². The summed E-state index contributed by atoms with van der Waals surface area (Å²) in [5, 5.41) is 6.02. The Morgan fingerprint density at radius 2 is 2.00 bits per heavy atom. The maximum absolute atomic E-state index is 15.0. The van der Waals surface area contributed by atoms with Gasteiger partial charge in [-0.15, -0.1) is 0 Å². The van der Waals surface area contributed by atoms with E-state index in [1.807, 2.05) is 12.1 Å². The molecule has 4 aromatic heterocycles. The minimum atomic E-state index is -3.28. The van der Waals surface area contributed by atoms with Crippen molar-refractivity contribution in [1.82, 2.24) is 10.3 Å². The molecule has 0 bridgehead atoms. The molecular weight excluding hydrogens is 457 g/mol. The second-order valence-electron chi connectivity index (χ2n) is 7.40. The molecule has 170 valence electrons. The summed E-state index contributed by atoms with van der Waals surface area (Å²) in [7, 11) is 0. The number of aromatic nitrogens is 4. The van der Waals surface area contributed by atoms with Crippen molar-refractivity contribution in [1.29, 1.82) is 0 Å². The zero-order valence-corrected chi connectivity index (χ0v) is 18.0. The number of anilines is 1. The van der Waals surface area contributed by atoms with Crippen LogP contribution in [0.25, 0.3) is 10.9 Å². The van der Waals surface area contributed by atoms with Crippen molar-refractivity contribution in [3.63, 3.8) is 0 Å². The number of halogens is 4. The third kappa shape index (κ3) is 5.23. The average molecular weight is 478 g/mol. The summed E-state index contributed by atoms with van der Waals surface area (Å²) >= 11 is 6.06. The van der Waals surface area contributed by atoms with Gasteiger partial charge in [0.2, 0.25) is 11.7 Å². The molecule has 0 spiro atoms. The van der Waals surface area contributed by atoms with Crippen LogP contribution in [0.2, 0.25) is 5.02 Å². The minimum absolute atomic E-state index is 0.0170. The highest BCUT2D eigenvalue weighted by Gasteiger charge is 2.40. The highest BCUT2D eigenvalue weighted by molar-refractivity contribution is 6.31. The normalized spacial score (nSPS) is 11.5. The van der Waals surface area contributed by atoms with Crippen LogP contribution in [-0.4, -0.2) is 17.4 Å². The summed E-state index contributed by atoms with van der Waals surface area (Å²) in [5.41, 5.74) is 1.26. The molecule has 0 radical (unpaired) electrons. The topological polar surface area (TPSA) is 99.3 Å². The first-order valence-corrected chi connectivity index (χ1v) is 10.4. The summed E-state index contributed by atoms with van der Waals surface area (Å²) < 4.78 is 43.7. The van der Waals surface area contributed by atoms with E-state index in [2.05, 4.69) is 30.6 Å². The van der Waals surface area contributed by atoms with Crippen molar-refractivity contribution in [2.24, 2.45) is 0 Å². The SMILES string of the molecule is O=C(Cc1c(Cl)c[nH+]c(NCC(F)(F)c2cccc[nH+]2)c1F)NCc1cc2cc[nH]c2c[nH+]1. The number of carbonyl (C=O) groups is 1. The van der Waals surface area contributed by atoms with E-state index in [0.29, 0.717) is 0 Å². The number of pyridine rings is 3.